The lowest BCUT2D eigenvalue weighted by Crippen LogP contribution is -2.07. The molecule has 0 fully saturated rings. The third-order valence-electron chi connectivity index (χ3n) is 4.03. The number of benzene rings is 1. The van der Waals surface area contributed by atoms with Gasteiger partial charge in [0.2, 0.25) is 0 Å². The number of nitrogens with zero attached hydrogens (tertiary/aromatic N) is 2. The Bertz CT molecular complexity index is 1100. The molecule has 0 N–H and O–H groups in total. The topological polar surface area (TPSA) is 52.1 Å². The number of hydrogen-bond acceptors (Lipinski definition) is 5. The largest absolute Gasteiger partial charge is 0.461 e. The first-order valence-electron chi connectivity index (χ1n) is 8.10. The molecule has 0 saturated heterocycles. The van der Waals surface area contributed by atoms with E-state index in [0.29, 0.717) is 12.3 Å². The van der Waals surface area contributed by atoms with Crippen LogP contribution in [-0.2, 0) is 4.74 Å². The fraction of sp³-hybridized carbons (Fsp3) is 0.150. The highest BCUT2D eigenvalue weighted by Gasteiger charge is 2.17. The lowest BCUT2D eigenvalue weighted by atomic mass is 10.0. The van der Waals surface area contributed by atoms with Gasteiger partial charge in [0.25, 0.3) is 0 Å². The molecule has 25 heavy (non-hydrogen) atoms. The summed E-state index contributed by atoms with van der Waals surface area (Å²) < 4.78 is 6.19. The molecule has 4 nitrogen and oxygen atoms in total. The van der Waals surface area contributed by atoms with E-state index in [4.69, 9.17) is 4.74 Å². The molecule has 0 bridgehead atoms. The summed E-state index contributed by atoms with van der Waals surface area (Å²) in [5.74, 6) is -0.393. The van der Waals surface area contributed by atoms with Gasteiger partial charge in [-0.3, -0.25) is 4.98 Å². The van der Waals surface area contributed by atoms with Gasteiger partial charge in [-0.15, -0.1) is 11.3 Å². The average Bonchev–Trinajstić information content (AvgIpc) is 3.00. The smallest absolute Gasteiger partial charge is 0.356 e. The molecular formula is C20H16N2O2S. The number of esters is 1. The zero-order chi connectivity index (χ0) is 17.4. The van der Waals surface area contributed by atoms with Gasteiger partial charge >= 0.3 is 5.97 Å². The second kappa shape index (κ2) is 6.26. The predicted octanol–water partition coefficient (Wildman–Crippen LogP) is 5.00. The molecule has 0 radical (unpaired) electrons. The Balaban J connectivity index is 2.03. The van der Waals surface area contributed by atoms with Gasteiger partial charge < -0.3 is 4.74 Å². The first-order valence-corrected chi connectivity index (χ1v) is 8.91. The molecule has 3 heterocycles. The maximum absolute atomic E-state index is 12.2. The number of aromatic nitrogens is 2. The SMILES string of the molecule is CCOC(=O)c1cc2sc(C)cc2c(-c2ccnc3ccccc23)n1. The molecule has 1 aromatic carbocycles. The summed E-state index contributed by atoms with van der Waals surface area (Å²) in [7, 11) is 0. The minimum Gasteiger partial charge on any atom is -0.461 e. The number of pyridine rings is 2. The molecular weight excluding hydrogens is 332 g/mol. The van der Waals surface area contributed by atoms with Crippen molar-refractivity contribution in [1.29, 1.82) is 0 Å². The summed E-state index contributed by atoms with van der Waals surface area (Å²) in [4.78, 5) is 22.5. The van der Waals surface area contributed by atoms with Crippen molar-refractivity contribution >= 4 is 38.3 Å². The molecule has 0 aliphatic rings. The number of fused-ring (bicyclic) bond motifs is 2. The number of ether oxygens (including phenoxy) is 1. The summed E-state index contributed by atoms with van der Waals surface area (Å²) in [5.41, 5.74) is 3.01. The Hall–Kier alpha value is -2.79. The van der Waals surface area contributed by atoms with E-state index in [1.54, 1.807) is 24.5 Å². The first-order chi connectivity index (χ1) is 12.2. The van der Waals surface area contributed by atoms with Crippen LogP contribution in [0.15, 0.2) is 48.7 Å². The summed E-state index contributed by atoms with van der Waals surface area (Å²) in [6.07, 6.45) is 1.78. The number of para-hydroxylation sites is 1. The molecule has 4 aromatic rings. The molecule has 3 aromatic heterocycles. The monoisotopic (exact) mass is 348 g/mol. The zero-order valence-corrected chi connectivity index (χ0v) is 14.8. The molecule has 0 unspecified atom stereocenters. The second-order valence-electron chi connectivity index (χ2n) is 5.72. The zero-order valence-electron chi connectivity index (χ0n) is 13.9. The summed E-state index contributed by atoms with van der Waals surface area (Å²) in [5, 5.41) is 2.07. The average molecular weight is 348 g/mol. The van der Waals surface area contributed by atoms with Gasteiger partial charge in [0.15, 0.2) is 5.69 Å². The van der Waals surface area contributed by atoms with Crippen molar-refractivity contribution in [2.75, 3.05) is 6.61 Å². The Morgan fingerprint density at radius 3 is 2.84 bits per heavy atom. The molecule has 0 saturated carbocycles. The van der Waals surface area contributed by atoms with Crippen LogP contribution in [0.1, 0.15) is 22.3 Å². The van der Waals surface area contributed by atoms with E-state index >= 15 is 0 Å². The van der Waals surface area contributed by atoms with Crippen LogP contribution in [0.3, 0.4) is 0 Å². The molecule has 124 valence electrons. The fourth-order valence-corrected chi connectivity index (χ4v) is 3.94. The number of carbonyl (C=O) groups excluding carboxylic acids is 1. The second-order valence-corrected chi connectivity index (χ2v) is 7.01. The molecule has 4 rings (SSSR count). The third kappa shape index (κ3) is 2.76. The van der Waals surface area contributed by atoms with Gasteiger partial charge in [-0.2, -0.15) is 0 Å². The molecule has 0 spiro atoms. The number of thiophene rings is 1. The van der Waals surface area contributed by atoms with E-state index in [-0.39, 0.29) is 0 Å². The van der Waals surface area contributed by atoms with E-state index in [1.165, 1.54) is 4.88 Å². The predicted molar refractivity (Wildman–Crippen MR) is 101 cm³/mol. The summed E-state index contributed by atoms with van der Waals surface area (Å²) in [6, 6.07) is 13.8. The van der Waals surface area contributed by atoms with Crippen LogP contribution < -0.4 is 0 Å². The van der Waals surface area contributed by atoms with Crippen LogP contribution in [-0.4, -0.2) is 22.5 Å². The number of hydrogen-bond donors (Lipinski definition) is 0. The van der Waals surface area contributed by atoms with Crippen molar-refractivity contribution in [3.63, 3.8) is 0 Å². The minimum absolute atomic E-state index is 0.329. The Morgan fingerprint density at radius 1 is 1.16 bits per heavy atom. The normalized spacial score (nSPS) is 11.1. The van der Waals surface area contributed by atoms with Crippen molar-refractivity contribution in [1.82, 2.24) is 9.97 Å². The van der Waals surface area contributed by atoms with E-state index < -0.39 is 5.97 Å². The Labute approximate surface area is 149 Å². The van der Waals surface area contributed by atoms with Crippen molar-refractivity contribution in [2.45, 2.75) is 13.8 Å². The van der Waals surface area contributed by atoms with E-state index in [1.807, 2.05) is 36.4 Å². The molecule has 0 aliphatic heterocycles. The van der Waals surface area contributed by atoms with Crippen molar-refractivity contribution in [3.05, 3.63) is 59.2 Å². The van der Waals surface area contributed by atoms with E-state index in [0.717, 1.165) is 32.2 Å². The minimum atomic E-state index is -0.393. The molecule has 5 heteroatoms. The van der Waals surface area contributed by atoms with Crippen LogP contribution in [0.4, 0.5) is 0 Å². The van der Waals surface area contributed by atoms with Crippen LogP contribution in [0, 0.1) is 6.92 Å². The Morgan fingerprint density at radius 2 is 2.00 bits per heavy atom. The highest BCUT2D eigenvalue weighted by atomic mass is 32.1. The molecule has 0 atom stereocenters. The van der Waals surface area contributed by atoms with Crippen molar-refractivity contribution in [2.24, 2.45) is 0 Å². The third-order valence-corrected chi connectivity index (χ3v) is 5.03. The van der Waals surface area contributed by atoms with Crippen LogP contribution in [0.5, 0.6) is 0 Å². The van der Waals surface area contributed by atoms with Crippen molar-refractivity contribution < 1.29 is 9.53 Å². The maximum Gasteiger partial charge on any atom is 0.356 e. The van der Waals surface area contributed by atoms with Gasteiger partial charge in [0.1, 0.15) is 0 Å². The lowest BCUT2D eigenvalue weighted by molar-refractivity contribution is 0.0520. The first kappa shape index (κ1) is 15.7. The summed E-state index contributed by atoms with van der Waals surface area (Å²) >= 11 is 1.65. The van der Waals surface area contributed by atoms with E-state index in [9.17, 15) is 4.79 Å². The van der Waals surface area contributed by atoms with Crippen LogP contribution in [0.2, 0.25) is 0 Å². The highest BCUT2D eigenvalue weighted by Crippen LogP contribution is 2.36. The van der Waals surface area contributed by atoms with Gasteiger partial charge in [-0.25, -0.2) is 9.78 Å². The molecule has 0 aliphatic carbocycles. The fourth-order valence-electron chi connectivity index (χ4n) is 2.98. The molecule has 0 amide bonds. The summed E-state index contributed by atoms with van der Waals surface area (Å²) in [6.45, 7) is 4.18. The number of carbonyl (C=O) groups is 1. The number of aryl methyl sites for hydroxylation is 1. The maximum atomic E-state index is 12.2. The quantitative estimate of drug-likeness (QED) is 0.489. The Kier molecular flexibility index (Phi) is 3.93. The highest BCUT2D eigenvalue weighted by molar-refractivity contribution is 7.19. The van der Waals surface area contributed by atoms with Gasteiger partial charge in [-0.1, -0.05) is 18.2 Å². The van der Waals surface area contributed by atoms with Gasteiger partial charge in [0, 0.05) is 32.1 Å². The van der Waals surface area contributed by atoms with Gasteiger partial charge in [-0.05, 0) is 38.1 Å². The van der Waals surface area contributed by atoms with Crippen molar-refractivity contribution in [3.8, 4) is 11.3 Å². The lowest BCUT2D eigenvalue weighted by Gasteiger charge is -2.09. The van der Waals surface area contributed by atoms with Gasteiger partial charge in [0.05, 0.1) is 17.8 Å². The number of rotatable bonds is 3. The van der Waals surface area contributed by atoms with Crippen LogP contribution >= 0.6 is 11.3 Å². The van der Waals surface area contributed by atoms with E-state index in [2.05, 4.69) is 23.0 Å². The standard InChI is InChI=1S/C20H16N2O2S/c1-3-24-20(23)17-11-18-15(10-12(2)25-18)19(22-17)14-8-9-21-16-7-5-4-6-13(14)16/h4-11H,3H2,1-2H3. The van der Waals surface area contributed by atoms with Crippen LogP contribution in [0.25, 0.3) is 32.2 Å².